The van der Waals surface area contributed by atoms with Crippen molar-refractivity contribution in [2.45, 2.75) is 25.0 Å². The summed E-state index contributed by atoms with van der Waals surface area (Å²) in [5.74, 6) is 0.434. The fraction of sp³-hybridized carbons (Fsp3) is 0.636. The molecule has 0 bridgehead atoms. The lowest BCUT2D eigenvalue weighted by molar-refractivity contribution is -0.0773. The molecule has 0 amide bonds. The van der Waals surface area contributed by atoms with Crippen LogP contribution in [0.5, 0.6) is 0 Å². The molecule has 0 radical (unpaired) electrons. The minimum Gasteiger partial charge on any atom is -0.498 e. The highest BCUT2D eigenvalue weighted by Gasteiger charge is 2.41. The first-order valence-corrected chi connectivity index (χ1v) is 4.95. The van der Waals surface area contributed by atoms with Gasteiger partial charge in [-0.15, -0.1) is 0 Å². The van der Waals surface area contributed by atoms with Gasteiger partial charge in [-0.25, -0.2) is 0 Å². The van der Waals surface area contributed by atoms with Crippen molar-refractivity contribution < 1.29 is 19.7 Å². The molecule has 1 rings (SSSR count). The van der Waals surface area contributed by atoms with E-state index in [1.54, 1.807) is 12.2 Å². The molecule has 1 aliphatic rings. The van der Waals surface area contributed by atoms with Crippen LogP contribution in [0.4, 0.5) is 0 Å². The smallest absolute Gasteiger partial charge is 0.151 e. The van der Waals surface area contributed by atoms with Gasteiger partial charge >= 0.3 is 0 Å². The molecule has 2 unspecified atom stereocenters. The van der Waals surface area contributed by atoms with Crippen LogP contribution in [0.25, 0.3) is 0 Å². The van der Waals surface area contributed by atoms with Crippen molar-refractivity contribution in [1.29, 1.82) is 0 Å². The molecule has 0 aromatic heterocycles. The summed E-state index contributed by atoms with van der Waals surface area (Å²) >= 11 is 0. The maximum atomic E-state index is 10.4. The van der Waals surface area contributed by atoms with Crippen molar-refractivity contribution in [1.82, 2.24) is 0 Å². The van der Waals surface area contributed by atoms with Gasteiger partial charge in [-0.3, -0.25) is 0 Å². The lowest BCUT2D eigenvalue weighted by Gasteiger charge is -2.36. The molecular formula is C11H18O4. The van der Waals surface area contributed by atoms with E-state index in [-0.39, 0.29) is 6.61 Å². The topological polar surface area (TPSA) is 58.9 Å². The molecule has 0 spiro atoms. The van der Waals surface area contributed by atoms with Gasteiger partial charge in [0.05, 0.1) is 13.7 Å². The normalized spacial score (nSPS) is 30.9. The molecule has 86 valence electrons. The van der Waals surface area contributed by atoms with Crippen molar-refractivity contribution in [2.75, 3.05) is 20.8 Å². The number of hydrogen-bond acceptors (Lipinski definition) is 4. The predicted octanol–water partition coefficient (Wildman–Crippen LogP) is 0.605. The van der Waals surface area contributed by atoms with Gasteiger partial charge in [-0.2, -0.15) is 0 Å². The summed E-state index contributed by atoms with van der Waals surface area (Å²) in [7, 11) is 3.02. The Bertz CT molecular complexity index is 282. The van der Waals surface area contributed by atoms with E-state index in [9.17, 15) is 5.11 Å². The summed E-state index contributed by atoms with van der Waals surface area (Å²) < 4.78 is 10.3. The van der Waals surface area contributed by atoms with Gasteiger partial charge in [-0.1, -0.05) is 6.92 Å². The molecule has 4 heteroatoms. The summed E-state index contributed by atoms with van der Waals surface area (Å²) in [6.07, 6.45) is 3.37. The maximum absolute atomic E-state index is 10.4. The van der Waals surface area contributed by atoms with Crippen molar-refractivity contribution in [3.63, 3.8) is 0 Å². The molecule has 2 atom stereocenters. The third kappa shape index (κ3) is 2.07. The van der Waals surface area contributed by atoms with Gasteiger partial charge in [0.2, 0.25) is 0 Å². The lowest BCUT2D eigenvalue weighted by Crippen LogP contribution is -2.46. The third-order valence-corrected chi connectivity index (χ3v) is 2.77. The summed E-state index contributed by atoms with van der Waals surface area (Å²) in [5.41, 5.74) is -0.445. The second kappa shape index (κ2) is 4.79. The van der Waals surface area contributed by atoms with Gasteiger partial charge in [0, 0.05) is 7.11 Å². The minimum atomic E-state index is -1.14. The Morgan fingerprint density at radius 2 is 2.13 bits per heavy atom. The molecule has 15 heavy (non-hydrogen) atoms. The zero-order valence-corrected chi connectivity index (χ0v) is 9.36. The van der Waals surface area contributed by atoms with Crippen molar-refractivity contribution in [2.24, 2.45) is 0 Å². The van der Waals surface area contributed by atoms with Crippen molar-refractivity contribution in [3.05, 3.63) is 23.5 Å². The number of aliphatic hydroxyl groups is 2. The van der Waals surface area contributed by atoms with Crippen molar-refractivity contribution >= 4 is 0 Å². The first-order chi connectivity index (χ1) is 7.12. The Kier molecular flexibility index (Phi) is 3.90. The highest BCUT2D eigenvalue weighted by Crippen LogP contribution is 2.33. The van der Waals surface area contributed by atoms with E-state index >= 15 is 0 Å². The molecule has 0 aromatic carbocycles. The number of rotatable bonds is 4. The van der Waals surface area contributed by atoms with Gasteiger partial charge in [0.1, 0.15) is 11.9 Å². The molecule has 1 aliphatic carbocycles. The standard InChI is InChI=1S/C11H18O4/c1-4-11(13)9(14-2)5-8(7-12)6-10(11)15-3/h5-6,9,12-13H,4,7H2,1-3H3. The Morgan fingerprint density at radius 1 is 1.47 bits per heavy atom. The Balaban J connectivity index is 3.09. The van der Waals surface area contributed by atoms with E-state index in [0.29, 0.717) is 17.8 Å². The molecule has 0 aliphatic heterocycles. The van der Waals surface area contributed by atoms with E-state index in [0.717, 1.165) is 0 Å². The summed E-state index contributed by atoms with van der Waals surface area (Å²) in [4.78, 5) is 0. The van der Waals surface area contributed by atoms with Crippen LogP contribution in [0.3, 0.4) is 0 Å². The first kappa shape index (κ1) is 12.2. The molecule has 0 fully saturated rings. The van der Waals surface area contributed by atoms with Crippen LogP contribution in [0.15, 0.2) is 23.5 Å². The maximum Gasteiger partial charge on any atom is 0.151 e. The third-order valence-electron chi connectivity index (χ3n) is 2.77. The average molecular weight is 214 g/mol. The van der Waals surface area contributed by atoms with Crippen LogP contribution in [0.1, 0.15) is 13.3 Å². The minimum absolute atomic E-state index is 0.0908. The van der Waals surface area contributed by atoms with Crippen LogP contribution < -0.4 is 0 Å². The summed E-state index contributed by atoms with van der Waals surface area (Å²) in [5, 5.41) is 19.4. The predicted molar refractivity (Wildman–Crippen MR) is 56.3 cm³/mol. The van der Waals surface area contributed by atoms with Crippen LogP contribution in [0, 0.1) is 0 Å². The van der Waals surface area contributed by atoms with Crippen molar-refractivity contribution in [3.8, 4) is 0 Å². The first-order valence-electron chi connectivity index (χ1n) is 4.95. The van der Waals surface area contributed by atoms with E-state index in [1.807, 2.05) is 6.92 Å². The quantitative estimate of drug-likeness (QED) is 0.719. The van der Waals surface area contributed by atoms with Crippen LogP contribution in [-0.4, -0.2) is 42.7 Å². The highest BCUT2D eigenvalue weighted by atomic mass is 16.5. The second-order valence-corrected chi connectivity index (χ2v) is 3.55. The molecule has 0 aromatic rings. The molecule has 0 saturated carbocycles. The molecule has 2 N–H and O–H groups in total. The molecular weight excluding hydrogens is 196 g/mol. The van der Waals surface area contributed by atoms with E-state index in [1.165, 1.54) is 14.2 Å². The largest absolute Gasteiger partial charge is 0.498 e. The fourth-order valence-electron chi connectivity index (χ4n) is 1.79. The number of methoxy groups -OCH3 is 2. The number of ether oxygens (including phenoxy) is 2. The van der Waals surface area contributed by atoms with E-state index < -0.39 is 11.7 Å². The van der Waals surface area contributed by atoms with Crippen LogP contribution in [-0.2, 0) is 9.47 Å². The molecule has 4 nitrogen and oxygen atoms in total. The van der Waals surface area contributed by atoms with Crippen LogP contribution in [0.2, 0.25) is 0 Å². The average Bonchev–Trinajstić information content (AvgIpc) is 2.29. The highest BCUT2D eigenvalue weighted by molar-refractivity contribution is 5.35. The zero-order chi connectivity index (χ0) is 11.5. The van der Waals surface area contributed by atoms with Gasteiger partial charge < -0.3 is 19.7 Å². The zero-order valence-electron chi connectivity index (χ0n) is 9.36. The Hall–Kier alpha value is -0.840. The van der Waals surface area contributed by atoms with E-state index in [2.05, 4.69) is 0 Å². The number of aliphatic hydroxyl groups excluding tert-OH is 1. The molecule has 0 saturated heterocycles. The fourth-order valence-corrected chi connectivity index (χ4v) is 1.79. The van der Waals surface area contributed by atoms with Gasteiger partial charge in [0.25, 0.3) is 0 Å². The molecule has 0 heterocycles. The second-order valence-electron chi connectivity index (χ2n) is 3.55. The van der Waals surface area contributed by atoms with E-state index in [4.69, 9.17) is 14.6 Å². The summed E-state index contributed by atoms with van der Waals surface area (Å²) in [6, 6.07) is 0. The lowest BCUT2D eigenvalue weighted by atomic mass is 9.85. The van der Waals surface area contributed by atoms with Gasteiger partial charge in [-0.05, 0) is 24.1 Å². The number of hydrogen-bond donors (Lipinski definition) is 2. The van der Waals surface area contributed by atoms with Crippen LogP contribution >= 0.6 is 0 Å². The summed E-state index contributed by atoms with van der Waals surface area (Å²) in [6.45, 7) is 1.77. The Labute approximate surface area is 89.8 Å². The monoisotopic (exact) mass is 214 g/mol. The Morgan fingerprint density at radius 3 is 2.53 bits per heavy atom. The SMILES string of the molecule is CCC1(O)C(OC)=CC(CO)=CC1OC. The van der Waals surface area contributed by atoms with Gasteiger partial charge in [0.15, 0.2) is 5.60 Å².